The molecule has 1 aromatic carbocycles. The molecule has 2 fully saturated rings. The molecular formula is C28H31N9. The molecule has 4 N–H and O–H groups in total. The molecule has 6 rings (SSSR count). The number of fused-ring (bicyclic) bond motifs is 3. The van der Waals surface area contributed by atoms with E-state index in [1.807, 2.05) is 25.1 Å². The molecule has 188 valence electrons. The van der Waals surface area contributed by atoms with Gasteiger partial charge in [-0.3, -0.25) is 10.1 Å². The van der Waals surface area contributed by atoms with Gasteiger partial charge in [0.15, 0.2) is 5.82 Å². The summed E-state index contributed by atoms with van der Waals surface area (Å²) in [6, 6.07) is 15.8. The molecule has 2 saturated heterocycles. The van der Waals surface area contributed by atoms with E-state index in [1.54, 1.807) is 12.4 Å². The molecule has 0 aliphatic carbocycles. The average molecular weight is 494 g/mol. The summed E-state index contributed by atoms with van der Waals surface area (Å²) in [5.41, 5.74) is 4.03. The first kappa shape index (κ1) is 23.4. The van der Waals surface area contributed by atoms with Crippen molar-refractivity contribution in [2.45, 2.75) is 63.6 Å². The fourth-order valence-corrected chi connectivity index (χ4v) is 5.90. The summed E-state index contributed by atoms with van der Waals surface area (Å²) in [7, 11) is 0. The molecule has 2 unspecified atom stereocenters. The van der Waals surface area contributed by atoms with Crippen molar-refractivity contribution in [3.63, 3.8) is 0 Å². The second-order valence-corrected chi connectivity index (χ2v) is 10.3. The van der Waals surface area contributed by atoms with Crippen LogP contribution in [-0.2, 0) is 0 Å². The van der Waals surface area contributed by atoms with Gasteiger partial charge in [0.2, 0.25) is 5.95 Å². The van der Waals surface area contributed by atoms with Crippen LogP contribution in [0.15, 0.2) is 48.8 Å². The van der Waals surface area contributed by atoms with Crippen LogP contribution < -0.4 is 16.0 Å². The highest BCUT2D eigenvalue weighted by Gasteiger charge is 2.35. The van der Waals surface area contributed by atoms with Crippen molar-refractivity contribution in [2.75, 3.05) is 10.6 Å². The molecule has 37 heavy (non-hydrogen) atoms. The van der Waals surface area contributed by atoms with Crippen molar-refractivity contribution in [3.8, 4) is 17.2 Å². The molecule has 0 saturated carbocycles. The van der Waals surface area contributed by atoms with E-state index >= 15 is 0 Å². The van der Waals surface area contributed by atoms with E-state index in [2.05, 4.69) is 55.4 Å². The monoisotopic (exact) mass is 493 g/mol. The number of benzene rings is 1. The Morgan fingerprint density at radius 3 is 2.54 bits per heavy atom. The number of nitrogens with one attached hydrogen (secondary N) is 4. The highest BCUT2D eigenvalue weighted by molar-refractivity contribution is 5.94. The maximum Gasteiger partial charge on any atom is 0.225 e. The number of hydrogen-bond acceptors (Lipinski definition) is 8. The van der Waals surface area contributed by atoms with Crippen LogP contribution in [0.3, 0.4) is 0 Å². The first-order chi connectivity index (χ1) is 18.1. The van der Waals surface area contributed by atoms with E-state index < -0.39 is 0 Å². The summed E-state index contributed by atoms with van der Waals surface area (Å²) >= 11 is 0. The smallest absolute Gasteiger partial charge is 0.225 e. The Kier molecular flexibility index (Phi) is 6.41. The Morgan fingerprint density at radius 2 is 1.81 bits per heavy atom. The first-order valence-electron chi connectivity index (χ1n) is 13.0. The van der Waals surface area contributed by atoms with Crippen molar-refractivity contribution in [2.24, 2.45) is 5.92 Å². The summed E-state index contributed by atoms with van der Waals surface area (Å²) < 4.78 is 0. The molecule has 9 heteroatoms. The van der Waals surface area contributed by atoms with E-state index in [-0.39, 0.29) is 0 Å². The third-order valence-corrected chi connectivity index (χ3v) is 7.51. The topological polar surface area (TPSA) is 127 Å². The lowest BCUT2D eigenvalue weighted by molar-refractivity contribution is 0.171. The molecular weight excluding hydrogens is 462 g/mol. The normalized spacial score (nSPS) is 22.9. The van der Waals surface area contributed by atoms with E-state index in [9.17, 15) is 0 Å². The summed E-state index contributed by atoms with van der Waals surface area (Å²) in [4.78, 5) is 14.0. The summed E-state index contributed by atoms with van der Waals surface area (Å²) in [5.74, 6) is 2.72. The Balaban J connectivity index is 1.28. The number of aromatic amines is 1. The van der Waals surface area contributed by atoms with Gasteiger partial charge in [-0.05, 0) is 80.3 Å². The van der Waals surface area contributed by atoms with E-state index in [4.69, 9.17) is 15.2 Å². The van der Waals surface area contributed by atoms with Gasteiger partial charge in [0.1, 0.15) is 5.82 Å². The van der Waals surface area contributed by atoms with Crippen molar-refractivity contribution in [3.05, 3.63) is 54.5 Å². The molecule has 9 nitrogen and oxygen atoms in total. The third kappa shape index (κ3) is 5.25. The van der Waals surface area contributed by atoms with Gasteiger partial charge in [-0.2, -0.15) is 15.3 Å². The minimum atomic E-state index is 0.300. The lowest BCUT2D eigenvalue weighted by Gasteiger charge is -2.43. The van der Waals surface area contributed by atoms with Crippen molar-refractivity contribution < 1.29 is 0 Å². The Labute approximate surface area is 216 Å². The highest BCUT2D eigenvalue weighted by Crippen LogP contribution is 2.34. The van der Waals surface area contributed by atoms with Gasteiger partial charge in [0, 0.05) is 54.1 Å². The van der Waals surface area contributed by atoms with Gasteiger partial charge in [0.05, 0.1) is 11.6 Å². The van der Waals surface area contributed by atoms with Crippen LogP contribution in [0.5, 0.6) is 0 Å². The van der Waals surface area contributed by atoms with Crippen LogP contribution in [0.4, 0.5) is 17.6 Å². The van der Waals surface area contributed by atoms with Gasteiger partial charge >= 0.3 is 0 Å². The number of hydrogen-bond donors (Lipinski definition) is 4. The maximum atomic E-state index is 8.98. The van der Waals surface area contributed by atoms with Crippen molar-refractivity contribution >= 4 is 28.5 Å². The number of H-pyrrole nitrogens is 1. The second kappa shape index (κ2) is 10.1. The van der Waals surface area contributed by atoms with E-state index in [1.165, 1.54) is 0 Å². The third-order valence-electron chi connectivity index (χ3n) is 7.51. The average Bonchev–Trinajstić information content (AvgIpc) is 3.31. The largest absolute Gasteiger partial charge is 0.351 e. The Hall–Kier alpha value is -4.03. The number of aryl methyl sites for hydroxylation is 1. The number of nitrogens with zero attached hydrogens (tertiary/aromatic N) is 5. The lowest BCUT2D eigenvalue weighted by atomic mass is 9.77. The molecule has 0 amide bonds. The summed E-state index contributed by atoms with van der Waals surface area (Å²) in [6.45, 7) is 1.98. The van der Waals surface area contributed by atoms with Crippen molar-refractivity contribution in [1.29, 1.82) is 5.26 Å². The van der Waals surface area contributed by atoms with E-state index in [0.717, 1.165) is 71.5 Å². The number of pyridine rings is 1. The fourth-order valence-electron chi connectivity index (χ4n) is 5.90. The minimum absolute atomic E-state index is 0.300. The predicted octanol–water partition coefficient (Wildman–Crippen LogP) is 5.08. The van der Waals surface area contributed by atoms with Crippen molar-refractivity contribution in [1.82, 2.24) is 30.5 Å². The Morgan fingerprint density at radius 1 is 1.00 bits per heavy atom. The van der Waals surface area contributed by atoms with Crippen LogP contribution in [0, 0.1) is 24.2 Å². The standard InChI is InChI=1S/C28H31N9/c1-17-11-26(37-36-17)34-27-24-5-4-20(19-6-9-30-10-7-19)14-25(24)33-28(35-27)32-23-15-21-12-18(3-2-8-29)13-22(16-23)31-21/h4-7,9-11,14,18,21-23,31H,2-3,12-13,15-16H2,1H3,(H3,32,33,34,35,36,37). The van der Waals surface area contributed by atoms with Crippen LogP contribution in [0.25, 0.3) is 22.0 Å². The van der Waals surface area contributed by atoms with Gasteiger partial charge in [-0.15, -0.1) is 0 Å². The molecule has 4 aromatic rings. The van der Waals surface area contributed by atoms with Gasteiger partial charge < -0.3 is 16.0 Å². The molecule has 5 heterocycles. The number of aromatic nitrogens is 5. The first-order valence-corrected chi connectivity index (χ1v) is 13.0. The SMILES string of the molecule is Cc1cc(Nc2nc(NC3CC4CC(CCC#N)CC(C3)N4)nc3cc(-c4ccncc4)ccc23)n[nH]1. The fraction of sp³-hybridized carbons (Fsp3) is 0.393. The molecule has 2 aliphatic rings. The number of piperidine rings is 2. The van der Waals surface area contributed by atoms with Crippen LogP contribution in [0.2, 0.25) is 0 Å². The van der Waals surface area contributed by atoms with Gasteiger partial charge in [0.25, 0.3) is 0 Å². The zero-order chi connectivity index (χ0) is 25.2. The van der Waals surface area contributed by atoms with Gasteiger partial charge in [-0.1, -0.05) is 6.07 Å². The molecule has 0 radical (unpaired) electrons. The lowest BCUT2D eigenvalue weighted by Crippen LogP contribution is -2.54. The minimum Gasteiger partial charge on any atom is -0.351 e. The van der Waals surface area contributed by atoms with E-state index in [0.29, 0.717) is 36.4 Å². The molecule has 3 aromatic heterocycles. The zero-order valence-corrected chi connectivity index (χ0v) is 20.9. The second-order valence-electron chi connectivity index (χ2n) is 10.3. The quantitative estimate of drug-likeness (QED) is 0.281. The predicted molar refractivity (Wildman–Crippen MR) is 144 cm³/mol. The van der Waals surface area contributed by atoms with Gasteiger partial charge in [-0.25, -0.2) is 4.98 Å². The number of rotatable bonds is 7. The summed E-state index contributed by atoms with van der Waals surface area (Å²) in [5, 5.41) is 28.1. The molecule has 0 spiro atoms. The highest BCUT2D eigenvalue weighted by atomic mass is 15.2. The number of nitriles is 1. The molecule has 2 bridgehead atoms. The molecule has 2 aliphatic heterocycles. The Bertz CT molecular complexity index is 1410. The maximum absolute atomic E-state index is 8.98. The summed E-state index contributed by atoms with van der Waals surface area (Å²) in [6.07, 6.45) is 9.60. The van der Waals surface area contributed by atoms with Crippen LogP contribution in [-0.4, -0.2) is 43.3 Å². The van der Waals surface area contributed by atoms with Crippen LogP contribution in [0.1, 0.15) is 44.2 Å². The number of anilines is 3. The molecule has 2 atom stereocenters. The van der Waals surface area contributed by atoms with Crippen LogP contribution >= 0.6 is 0 Å². The zero-order valence-electron chi connectivity index (χ0n) is 20.9.